The Morgan fingerprint density at radius 2 is 2.00 bits per heavy atom. The molecule has 1 aromatic rings. The van der Waals surface area contributed by atoms with Crippen LogP contribution in [0.5, 0.6) is 0 Å². The molecule has 1 N–H and O–H groups in total. The molecule has 0 aromatic heterocycles. The molecular formula is C15H16KO4-. The Hall–Kier alpha value is -0.174. The van der Waals surface area contributed by atoms with Crippen LogP contribution < -0.4 is 51.4 Å². The normalized spacial score (nSPS) is 23.9. The van der Waals surface area contributed by atoms with Crippen molar-refractivity contribution in [2.45, 2.75) is 32.0 Å². The summed E-state index contributed by atoms with van der Waals surface area (Å²) < 4.78 is 5.13. The fourth-order valence-corrected chi connectivity index (χ4v) is 2.49. The summed E-state index contributed by atoms with van der Waals surface area (Å²) in [6, 6.07) is 8.85. The predicted molar refractivity (Wildman–Crippen MR) is 68.6 cm³/mol. The summed E-state index contributed by atoms with van der Waals surface area (Å²) in [7, 11) is 0. The Morgan fingerprint density at radius 3 is 2.45 bits per heavy atom. The van der Waals surface area contributed by atoms with E-state index in [9.17, 15) is 14.7 Å². The second-order valence-electron chi connectivity index (χ2n) is 4.80. The zero-order chi connectivity index (χ0) is 14.0. The summed E-state index contributed by atoms with van der Waals surface area (Å²) in [6.45, 7) is 3.47. The third-order valence-electron chi connectivity index (χ3n) is 3.66. The number of aliphatic hydroxyl groups is 1. The molecule has 0 spiro atoms. The van der Waals surface area contributed by atoms with Gasteiger partial charge >= 0.3 is 51.4 Å². The van der Waals surface area contributed by atoms with Crippen molar-refractivity contribution < 1.29 is 70.8 Å². The zero-order valence-corrected chi connectivity index (χ0v) is 15.0. The van der Waals surface area contributed by atoms with E-state index in [0.29, 0.717) is 12.0 Å². The van der Waals surface area contributed by atoms with Gasteiger partial charge in [0.2, 0.25) is 0 Å². The van der Waals surface area contributed by atoms with E-state index in [0.717, 1.165) is 0 Å². The molecule has 1 aliphatic rings. The number of carbonyl (C=O) groups excluding carboxylic acids is 2. The molecule has 20 heavy (non-hydrogen) atoms. The van der Waals surface area contributed by atoms with Crippen LogP contribution in [-0.2, 0) is 14.3 Å². The second-order valence-corrected chi connectivity index (χ2v) is 4.80. The Morgan fingerprint density at radius 1 is 1.40 bits per heavy atom. The number of hydrogen-bond acceptors (Lipinski definition) is 4. The minimum Gasteiger partial charge on any atom is -0.541 e. The summed E-state index contributed by atoms with van der Waals surface area (Å²) in [5.74, 6) is -0.875. The van der Waals surface area contributed by atoms with Gasteiger partial charge in [0.1, 0.15) is 0 Å². The van der Waals surface area contributed by atoms with Gasteiger partial charge in [-0.3, -0.25) is 11.1 Å². The first-order valence-electron chi connectivity index (χ1n) is 6.26. The van der Waals surface area contributed by atoms with E-state index in [1.165, 1.54) is 0 Å². The van der Waals surface area contributed by atoms with E-state index >= 15 is 0 Å². The van der Waals surface area contributed by atoms with Crippen molar-refractivity contribution in [1.82, 2.24) is 0 Å². The Bertz CT molecular complexity index is 476. The van der Waals surface area contributed by atoms with Gasteiger partial charge in [-0.05, 0) is 17.3 Å². The van der Waals surface area contributed by atoms with Crippen molar-refractivity contribution in [3.8, 4) is 0 Å². The molecule has 1 aromatic carbocycles. The third-order valence-corrected chi connectivity index (χ3v) is 3.66. The maximum atomic E-state index is 11.6. The number of cyclic esters (lactones) is 1. The minimum atomic E-state index is -1.05. The monoisotopic (exact) mass is 299 g/mol. The summed E-state index contributed by atoms with van der Waals surface area (Å²) in [4.78, 5) is 22.6. The average Bonchev–Trinajstić information content (AvgIpc) is 2.40. The van der Waals surface area contributed by atoms with E-state index in [1.807, 2.05) is 19.3 Å². The second kappa shape index (κ2) is 7.20. The first-order chi connectivity index (χ1) is 9.04. The summed E-state index contributed by atoms with van der Waals surface area (Å²) >= 11 is 0. The van der Waals surface area contributed by atoms with Crippen LogP contribution in [0.3, 0.4) is 0 Å². The Labute approximate surface area is 161 Å². The number of benzene rings is 1. The van der Waals surface area contributed by atoms with Crippen LogP contribution in [0, 0.1) is 11.8 Å². The van der Waals surface area contributed by atoms with Crippen molar-refractivity contribution in [3.05, 3.63) is 41.8 Å². The van der Waals surface area contributed by atoms with Gasteiger partial charge in [0.15, 0.2) is 5.97 Å². The molecule has 5 heteroatoms. The van der Waals surface area contributed by atoms with Crippen molar-refractivity contribution >= 4 is 12.3 Å². The number of ether oxygens (including phenoxy) is 1. The Kier molecular flexibility index (Phi) is 6.44. The van der Waals surface area contributed by atoms with E-state index in [4.69, 9.17) is 4.74 Å². The maximum Gasteiger partial charge on any atom is 1.00 e. The molecule has 0 saturated carbocycles. The fourth-order valence-electron chi connectivity index (χ4n) is 2.49. The number of esters is 1. The third kappa shape index (κ3) is 3.03. The molecule has 2 rings (SSSR count). The molecule has 3 atom stereocenters. The van der Waals surface area contributed by atoms with Gasteiger partial charge in [0.25, 0.3) is 0 Å². The van der Waals surface area contributed by atoms with Crippen LogP contribution in [0.25, 0.3) is 0 Å². The van der Waals surface area contributed by atoms with Gasteiger partial charge < -0.3 is 14.6 Å². The fraction of sp³-hybridized carbons (Fsp3) is 0.400. The average molecular weight is 299 g/mol. The van der Waals surface area contributed by atoms with Crippen molar-refractivity contribution in [2.75, 3.05) is 0 Å². The van der Waals surface area contributed by atoms with Crippen molar-refractivity contribution in [1.29, 1.82) is 0 Å². The van der Waals surface area contributed by atoms with Gasteiger partial charge in [-0.2, -0.15) is 5.92 Å². The molecule has 4 nitrogen and oxygen atoms in total. The molecule has 0 aliphatic carbocycles. The number of carbonyl (C=O) groups is 1. The number of aliphatic hydroxyl groups excluding tert-OH is 1. The number of hydrogen-bond donors (Lipinski definition) is 1. The van der Waals surface area contributed by atoms with Gasteiger partial charge in [0, 0.05) is 0 Å². The van der Waals surface area contributed by atoms with Crippen molar-refractivity contribution in [2.24, 2.45) is 5.92 Å². The van der Waals surface area contributed by atoms with Crippen LogP contribution in [0.4, 0.5) is 0 Å². The minimum absolute atomic E-state index is 0. The van der Waals surface area contributed by atoms with Gasteiger partial charge in [-0.15, -0.1) is 5.92 Å². The molecule has 102 valence electrons. The van der Waals surface area contributed by atoms with Crippen LogP contribution in [0.1, 0.15) is 31.9 Å². The molecule has 1 aliphatic heterocycles. The van der Waals surface area contributed by atoms with Gasteiger partial charge in [-0.1, -0.05) is 50.6 Å². The van der Waals surface area contributed by atoms with E-state index < -0.39 is 23.6 Å². The van der Waals surface area contributed by atoms with Gasteiger partial charge in [0.05, 0.1) is 0 Å². The summed E-state index contributed by atoms with van der Waals surface area (Å²) in [5.41, 5.74) is -0.441. The molecule has 1 saturated heterocycles. The Balaban J connectivity index is 0.00000200. The van der Waals surface area contributed by atoms with Crippen LogP contribution in [0.2, 0.25) is 0 Å². The SMILES string of the molecule is CCC([C-]=O)C1(C)OC(=O)[C-]1C(O)c1ccccc1.[K+]. The largest absolute Gasteiger partial charge is 1.00 e. The van der Waals surface area contributed by atoms with Crippen molar-refractivity contribution in [3.63, 3.8) is 0 Å². The van der Waals surface area contributed by atoms with E-state index in [1.54, 1.807) is 31.2 Å². The van der Waals surface area contributed by atoms with Crippen LogP contribution >= 0.6 is 0 Å². The first kappa shape index (κ1) is 17.9. The maximum absolute atomic E-state index is 11.6. The first-order valence-corrected chi connectivity index (χ1v) is 6.26. The molecule has 1 fully saturated rings. The zero-order valence-electron chi connectivity index (χ0n) is 11.9. The van der Waals surface area contributed by atoms with E-state index in [2.05, 4.69) is 0 Å². The number of rotatable bonds is 5. The smallest absolute Gasteiger partial charge is 0.541 e. The van der Waals surface area contributed by atoms with Gasteiger partial charge in [-0.25, -0.2) is 0 Å². The molecule has 0 amide bonds. The predicted octanol–water partition coefficient (Wildman–Crippen LogP) is -1.25. The standard InChI is InChI=1S/C15H16O4.K/c1-3-11(9-16)15(2)12(14(18)19-15)13(17)10-7-5-4-6-8-10;/h4-8,11,13,17H,3H2,1-2H3;/q-2;+1. The van der Waals surface area contributed by atoms with E-state index in [-0.39, 0.29) is 57.3 Å². The topological polar surface area (TPSA) is 63.6 Å². The summed E-state index contributed by atoms with van der Waals surface area (Å²) in [6.07, 6.45) is 1.34. The molecular weight excluding hydrogens is 283 g/mol. The quantitative estimate of drug-likeness (QED) is 0.419. The summed E-state index contributed by atoms with van der Waals surface area (Å²) in [5, 5.41) is 10.3. The van der Waals surface area contributed by atoms with Crippen LogP contribution in [0.15, 0.2) is 30.3 Å². The molecule has 0 bridgehead atoms. The molecule has 3 unspecified atom stereocenters. The molecule has 0 radical (unpaired) electrons. The molecule has 1 heterocycles. The van der Waals surface area contributed by atoms with Crippen LogP contribution in [-0.4, -0.2) is 23.0 Å².